The van der Waals surface area contributed by atoms with E-state index < -0.39 is 17.1 Å². The van der Waals surface area contributed by atoms with Gasteiger partial charge in [0.25, 0.3) is 5.56 Å². The third-order valence-electron chi connectivity index (χ3n) is 5.67. The van der Waals surface area contributed by atoms with Crippen LogP contribution in [0.25, 0.3) is 5.69 Å². The quantitative estimate of drug-likeness (QED) is 0.580. The van der Waals surface area contributed by atoms with Crippen molar-refractivity contribution in [2.24, 2.45) is 4.99 Å². The number of nitrogens with zero attached hydrogens (tertiary/aromatic N) is 3. The van der Waals surface area contributed by atoms with Gasteiger partial charge in [-0.25, -0.2) is 9.36 Å². The Morgan fingerprint density at radius 1 is 1.09 bits per heavy atom. The fourth-order valence-electron chi connectivity index (χ4n) is 3.87. The van der Waals surface area contributed by atoms with Gasteiger partial charge in [0.05, 0.1) is 18.8 Å². The third kappa shape index (κ3) is 4.81. The molecule has 0 aliphatic carbocycles. The molecule has 2 heterocycles. The van der Waals surface area contributed by atoms with E-state index in [0.717, 1.165) is 37.0 Å². The van der Waals surface area contributed by atoms with E-state index in [2.05, 4.69) is 27.0 Å². The summed E-state index contributed by atoms with van der Waals surface area (Å²) >= 11 is 0. The maximum atomic E-state index is 12.3. The summed E-state index contributed by atoms with van der Waals surface area (Å²) in [5, 5.41) is 10.7. The van der Waals surface area contributed by atoms with Crippen molar-refractivity contribution in [1.29, 1.82) is 0 Å². The van der Waals surface area contributed by atoms with E-state index in [-0.39, 0.29) is 11.6 Å². The van der Waals surface area contributed by atoms with Gasteiger partial charge < -0.3 is 9.84 Å². The van der Waals surface area contributed by atoms with Crippen LogP contribution in [0.15, 0.2) is 69.2 Å². The van der Waals surface area contributed by atoms with Gasteiger partial charge in [0, 0.05) is 25.8 Å². The number of benzene rings is 2. The Kier molecular flexibility index (Phi) is 6.51. The normalized spacial score (nSPS) is 15.3. The third-order valence-corrected chi connectivity index (χ3v) is 5.67. The molecular weight excluding hydrogens is 408 g/mol. The highest BCUT2D eigenvalue weighted by molar-refractivity contribution is 5.82. The average Bonchev–Trinajstić information content (AvgIpc) is 2.81. The Hall–Kier alpha value is -3.65. The molecule has 8 heteroatoms. The van der Waals surface area contributed by atoms with Crippen LogP contribution in [0, 0.1) is 0 Å². The zero-order valence-electron chi connectivity index (χ0n) is 17.9. The summed E-state index contributed by atoms with van der Waals surface area (Å²) in [6.45, 7) is 2.72. The second-order valence-electron chi connectivity index (χ2n) is 7.80. The topological polar surface area (TPSA) is 99.9 Å². The van der Waals surface area contributed by atoms with Gasteiger partial charge in [0.2, 0.25) is 5.88 Å². The van der Waals surface area contributed by atoms with Crippen molar-refractivity contribution in [3.63, 3.8) is 0 Å². The molecule has 1 aliphatic rings. The molecule has 0 bridgehead atoms. The molecule has 2 N–H and O–H groups in total. The van der Waals surface area contributed by atoms with E-state index >= 15 is 0 Å². The highest BCUT2D eigenvalue weighted by atomic mass is 16.5. The number of hydrogen-bond donors (Lipinski definition) is 2. The number of hydrogen-bond acceptors (Lipinski definition) is 6. The van der Waals surface area contributed by atoms with Crippen LogP contribution in [0.5, 0.6) is 11.6 Å². The number of aromatic amines is 1. The van der Waals surface area contributed by atoms with Gasteiger partial charge in [-0.3, -0.25) is 19.7 Å². The van der Waals surface area contributed by atoms with Gasteiger partial charge in [0.1, 0.15) is 11.3 Å². The van der Waals surface area contributed by atoms with E-state index in [1.807, 2.05) is 18.2 Å². The van der Waals surface area contributed by atoms with Crippen molar-refractivity contribution < 1.29 is 9.84 Å². The molecule has 32 heavy (non-hydrogen) atoms. The average molecular weight is 434 g/mol. The van der Waals surface area contributed by atoms with Gasteiger partial charge in [-0.15, -0.1) is 0 Å². The lowest BCUT2D eigenvalue weighted by molar-refractivity contribution is 0.206. The van der Waals surface area contributed by atoms with Crippen LogP contribution in [-0.2, 0) is 6.54 Å². The SMILES string of the molecule is COc1ccc(-n2c(O)c(C=NC3CCN(Cc4ccccc4)CC3)c(=O)[nH]c2=O)cc1. The predicted octanol–water partition coefficient (Wildman–Crippen LogP) is 2.32. The summed E-state index contributed by atoms with van der Waals surface area (Å²) in [5.41, 5.74) is 0.277. The van der Waals surface area contributed by atoms with Gasteiger partial charge in [-0.05, 0) is 42.7 Å². The van der Waals surface area contributed by atoms with Crippen LogP contribution >= 0.6 is 0 Å². The number of rotatable bonds is 6. The Balaban J connectivity index is 1.48. The van der Waals surface area contributed by atoms with E-state index in [0.29, 0.717) is 11.4 Å². The van der Waals surface area contributed by atoms with Crippen LogP contribution < -0.4 is 16.0 Å². The fourth-order valence-corrected chi connectivity index (χ4v) is 3.87. The van der Waals surface area contributed by atoms with Crippen molar-refractivity contribution in [3.05, 3.63) is 86.6 Å². The summed E-state index contributed by atoms with van der Waals surface area (Å²) in [4.78, 5) is 33.8. The standard InChI is InChI=1S/C24H26N4O4/c1-32-20-9-7-19(8-10-20)28-23(30)21(22(29)26-24(28)31)15-25-18-11-13-27(14-12-18)16-17-5-3-2-4-6-17/h2-10,15,18,30H,11-14,16H2,1H3,(H,26,29,31). The number of aromatic nitrogens is 2. The minimum absolute atomic E-state index is 0.0351. The fraction of sp³-hybridized carbons (Fsp3) is 0.292. The van der Waals surface area contributed by atoms with Crippen LogP contribution in [0.1, 0.15) is 24.0 Å². The minimum atomic E-state index is -0.718. The molecule has 1 aromatic heterocycles. The summed E-state index contributed by atoms with van der Waals surface area (Å²) in [6, 6.07) is 17.0. The van der Waals surface area contributed by atoms with E-state index in [4.69, 9.17) is 4.74 Å². The van der Waals surface area contributed by atoms with Crippen LogP contribution in [-0.4, -0.2) is 52.0 Å². The second kappa shape index (κ2) is 9.65. The maximum absolute atomic E-state index is 12.3. The smallest absolute Gasteiger partial charge is 0.335 e. The number of H-pyrrole nitrogens is 1. The second-order valence-corrected chi connectivity index (χ2v) is 7.80. The largest absolute Gasteiger partial charge is 0.497 e. The van der Waals surface area contributed by atoms with Crippen molar-refractivity contribution in [2.45, 2.75) is 25.4 Å². The van der Waals surface area contributed by atoms with Crippen molar-refractivity contribution in [3.8, 4) is 17.3 Å². The number of aromatic hydroxyl groups is 1. The molecule has 0 spiro atoms. The monoisotopic (exact) mass is 434 g/mol. The van der Waals surface area contributed by atoms with E-state index in [1.54, 1.807) is 31.4 Å². The minimum Gasteiger partial charge on any atom is -0.497 e. The summed E-state index contributed by atoms with van der Waals surface area (Å²) in [5.74, 6) is 0.181. The molecule has 0 saturated carbocycles. The molecule has 4 rings (SSSR count). The zero-order chi connectivity index (χ0) is 22.5. The molecule has 1 fully saturated rings. The number of nitrogens with one attached hydrogen (secondary N) is 1. The molecule has 8 nitrogen and oxygen atoms in total. The Bertz CT molecular complexity index is 1190. The molecule has 1 saturated heterocycles. The number of likely N-dealkylation sites (tertiary alicyclic amines) is 1. The lowest BCUT2D eigenvalue weighted by Crippen LogP contribution is -2.35. The van der Waals surface area contributed by atoms with Gasteiger partial charge >= 0.3 is 5.69 Å². The van der Waals surface area contributed by atoms with Crippen molar-refractivity contribution in [2.75, 3.05) is 20.2 Å². The Morgan fingerprint density at radius 2 is 1.78 bits per heavy atom. The van der Waals surface area contributed by atoms with Gasteiger partial charge in [-0.1, -0.05) is 30.3 Å². The lowest BCUT2D eigenvalue weighted by atomic mass is 10.0. The lowest BCUT2D eigenvalue weighted by Gasteiger charge is -2.30. The molecule has 0 radical (unpaired) electrons. The molecule has 0 unspecified atom stereocenters. The first-order chi connectivity index (χ1) is 15.5. The first-order valence-corrected chi connectivity index (χ1v) is 10.6. The molecule has 0 atom stereocenters. The molecule has 2 aromatic carbocycles. The predicted molar refractivity (Wildman–Crippen MR) is 123 cm³/mol. The van der Waals surface area contributed by atoms with Crippen LogP contribution in [0.2, 0.25) is 0 Å². The number of ether oxygens (including phenoxy) is 1. The summed E-state index contributed by atoms with van der Waals surface area (Å²) in [7, 11) is 1.54. The number of piperidine rings is 1. The van der Waals surface area contributed by atoms with Gasteiger partial charge in [-0.2, -0.15) is 0 Å². The van der Waals surface area contributed by atoms with Crippen molar-refractivity contribution in [1.82, 2.24) is 14.5 Å². The van der Waals surface area contributed by atoms with Crippen LogP contribution in [0.4, 0.5) is 0 Å². The molecule has 166 valence electrons. The molecular formula is C24H26N4O4. The first-order valence-electron chi connectivity index (χ1n) is 10.6. The van der Waals surface area contributed by atoms with E-state index in [9.17, 15) is 14.7 Å². The summed E-state index contributed by atoms with van der Waals surface area (Å²) in [6.07, 6.45) is 3.10. The van der Waals surface area contributed by atoms with Crippen molar-refractivity contribution >= 4 is 6.21 Å². The maximum Gasteiger partial charge on any atom is 0.335 e. The number of methoxy groups -OCH3 is 1. The molecule has 0 amide bonds. The van der Waals surface area contributed by atoms with E-state index in [1.165, 1.54) is 11.8 Å². The molecule has 3 aromatic rings. The Morgan fingerprint density at radius 3 is 2.44 bits per heavy atom. The molecule has 1 aliphatic heterocycles. The van der Waals surface area contributed by atoms with Crippen LogP contribution in [0.3, 0.4) is 0 Å². The highest BCUT2D eigenvalue weighted by Gasteiger charge is 2.19. The Labute approximate surface area is 185 Å². The van der Waals surface area contributed by atoms with Gasteiger partial charge in [0.15, 0.2) is 0 Å². The summed E-state index contributed by atoms with van der Waals surface area (Å²) < 4.78 is 6.17. The zero-order valence-corrected chi connectivity index (χ0v) is 17.9. The highest BCUT2D eigenvalue weighted by Crippen LogP contribution is 2.20. The number of aliphatic imine (C=N–C) groups is 1. The first kappa shape index (κ1) is 21.6.